The highest BCUT2D eigenvalue weighted by atomic mass is 79.9. The minimum atomic E-state index is -0.777. The Morgan fingerprint density at radius 3 is 2.32 bits per heavy atom. The van der Waals surface area contributed by atoms with Crippen LogP contribution in [-0.2, 0) is 9.59 Å². The number of nitrogens with one attached hydrogen (secondary N) is 3. The molecule has 2 rings (SSSR count). The minimum absolute atomic E-state index is 0.163. The molecule has 3 amide bonds. The predicted octanol–water partition coefficient (Wildman–Crippen LogP) is 3.67. The normalized spacial score (nSPS) is 11.5. The first-order valence-electron chi connectivity index (χ1n) is 10.1. The minimum Gasteiger partial charge on any atom is -0.494 e. The van der Waals surface area contributed by atoms with Crippen molar-refractivity contribution in [2.24, 2.45) is 5.92 Å². The molecule has 2 aromatic carbocycles. The van der Waals surface area contributed by atoms with E-state index in [1.165, 1.54) is 0 Å². The number of amides is 3. The van der Waals surface area contributed by atoms with E-state index in [1.54, 1.807) is 30.3 Å². The van der Waals surface area contributed by atoms with Crippen molar-refractivity contribution in [1.29, 1.82) is 0 Å². The van der Waals surface area contributed by atoms with Crippen LogP contribution in [0.1, 0.15) is 36.7 Å². The molecule has 7 nitrogen and oxygen atoms in total. The number of hydrogen-bond acceptors (Lipinski definition) is 4. The second kappa shape index (κ2) is 11.5. The van der Waals surface area contributed by atoms with Crippen LogP contribution in [0.5, 0.6) is 5.75 Å². The SMILES string of the molecule is CCOc1ccc(C(=O)N[C@H](C(=O)NCC(=O)Nc2ccc(Br)cc2C)C(C)C)cc1. The summed E-state index contributed by atoms with van der Waals surface area (Å²) in [5.41, 5.74) is 1.99. The Morgan fingerprint density at radius 1 is 1.06 bits per heavy atom. The largest absolute Gasteiger partial charge is 0.494 e. The molecule has 0 aromatic heterocycles. The summed E-state index contributed by atoms with van der Waals surface area (Å²) in [6.45, 7) is 7.76. The highest BCUT2D eigenvalue weighted by Crippen LogP contribution is 2.19. The van der Waals surface area contributed by atoms with Crippen LogP contribution in [0, 0.1) is 12.8 Å². The molecular weight excluding hydrogens is 462 g/mol. The number of halogens is 1. The van der Waals surface area contributed by atoms with Crippen molar-refractivity contribution < 1.29 is 19.1 Å². The molecule has 0 saturated heterocycles. The molecule has 0 heterocycles. The fourth-order valence-electron chi connectivity index (χ4n) is 2.87. The van der Waals surface area contributed by atoms with Gasteiger partial charge in [-0.15, -0.1) is 0 Å². The molecule has 2 aromatic rings. The third-order valence-corrected chi connectivity index (χ3v) is 5.04. The summed E-state index contributed by atoms with van der Waals surface area (Å²) in [5, 5.41) is 8.12. The Hall–Kier alpha value is -2.87. The van der Waals surface area contributed by atoms with Gasteiger partial charge in [-0.05, 0) is 67.8 Å². The molecule has 0 radical (unpaired) electrons. The van der Waals surface area contributed by atoms with Gasteiger partial charge in [0.05, 0.1) is 13.2 Å². The van der Waals surface area contributed by atoms with E-state index < -0.39 is 11.9 Å². The van der Waals surface area contributed by atoms with E-state index in [0.29, 0.717) is 23.6 Å². The van der Waals surface area contributed by atoms with Crippen LogP contribution in [0.3, 0.4) is 0 Å². The predicted molar refractivity (Wildman–Crippen MR) is 124 cm³/mol. The zero-order valence-electron chi connectivity index (χ0n) is 18.1. The summed E-state index contributed by atoms with van der Waals surface area (Å²) in [6.07, 6.45) is 0. The molecule has 8 heteroatoms. The second-order valence-corrected chi connectivity index (χ2v) is 8.29. The lowest BCUT2D eigenvalue weighted by Crippen LogP contribution is -2.51. The summed E-state index contributed by atoms with van der Waals surface area (Å²) in [5.74, 6) is -0.629. The fraction of sp³-hybridized carbons (Fsp3) is 0.348. The van der Waals surface area contributed by atoms with Gasteiger partial charge in [-0.3, -0.25) is 14.4 Å². The van der Waals surface area contributed by atoms with Crippen molar-refractivity contribution in [3.8, 4) is 5.75 Å². The van der Waals surface area contributed by atoms with E-state index in [2.05, 4.69) is 31.9 Å². The summed E-state index contributed by atoms with van der Waals surface area (Å²) in [6, 6.07) is 11.4. The zero-order chi connectivity index (χ0) is 23.0. The fourth-order valence-corrected chi connectivity index (χ4v) is 3.34. The lowest BCUT2D eigenvalue weighted by atomic mass is 10.0. The second-order valence-electron chi connectivity index (χ2n) is 7.38. The molecule has 0 aliphatic carbocycles. The first-order valence-corrected chi connectivity index (χ1v) is 10.9. The molecular formula is C23H28BrN3O4. The van der Waals surface area contributed by atoms with Crippen LogP contribution < -0.4 is 20.7 Å². The van der Waals surface area contributed by atoms with Crippen molar-refractivity contribution in [1.82, 2.24) is 10.6 Å². The lowest BCUT2D eigenvalue weighted by molar-refractivity contribution is -0.126. The van der Waals surface area contributed by atoms with Crippen molar-refractivity contribution in [3.63, 3.8) is 0 Å². The van der Waals surface area contributed by atoms with Crippen molar-refractivity contribution in [2.75, 3.05) is 18.5 Å². The van der Waals surface area contributed by atoms with Gasteiger partial charge in [-0.25, -0.2) is 0 Å². The van der Waals surface area contributed by atoms with E-state index in [-0.39, 0.29) is 24.3 Å². The molecule has 166 valence electrons. The summed E-state index contributed by atoms with van der Waals surface area (Å²) < 4.78 is 6.29. The summed E-state index contributed by atoms with van der Waals surface area (Å²) >= 11 is 3.38. The molecule has 0 saturated carbocycles. The standard InChI is InChI=1S/C23H28BrN3O4/c1-5-31-18-9-6-16(7-10-18)22(29)27-21(14(2)3)23(30)25-13-20(28)26-19-11-8-17(24)12-15(19)4/h6-12,14,21H,5,13H2,1-4H3,(H,25,30)(H,26,28)(H,27,29)/t21-/m0/s1. The number of aryl methyl sites for hydroxylation is 1. The van der Waals surface area contributed by atoms with Crippen molar-refractivity contribution >= 4 is 39.3 Å². The quantitative estimate of drug-likeness (QED) is 0.500. The maximum absolute atomic E-state index is 12.6. The number of hydrogen-bond donors (Lipinski definition) is 3. The smallest absolute Gasteiger partial charge is 0.251 e. The first-order chi connectivity index (χ1) is 14.7. The number of rotatable bonds is 9. The maximum atomic E-state index is 12.6. The summed E-state index contributed by atoms with van der Waals surface area (Å²) in [7, 11) is 0. The molecule has 1 atom stereocenters. The van der Waals surface area contributed by atoms with Crippen LogP contribution in [-0.4, -0.2) is 36.9 Å². The highest BCUT2D eigenvalue weighted by molar-refractivity contribution is 9.10. The average Bonchev–Trinajstić information content (AvgIpc) is 2.72. The molecule has 0 spiro atoms. The molecule has 0 aliphatic rings. The van der Waals surface area contributed by atoms with Gasteiger partial charge in [0, 0.05) is 15.7 Å². The van der Waals surface area contributed by atoms with Gasteiger partial charge in [0.2, 0.25) is 11.8 Å². The number of ether oxygens (including phenoxy) is 1. The molecule has 0 fully saturated rings. The van der Waals surface area contributed by atoms with Gasteiger partial charge in [0.25, 0.3) is 5.91 Å². The van der Waals surface area contributed by atoms with Gasteiger partial charge in [-0.2, -0.15) is 0 Å². The first kappa shape index (κ1) is 24.4. The van der Waals surface area contributed by atoms with Crippen LogP contribution >= 0.6 is 15.9 Å². The number of carbonyl (C=O) groups excluding carboxylic acids is 3. The van der Waals surface area contributed by atoms with E-state index >= 15 is 0 Å². The molecule has 31 heavy (non-hydrogen) atoms. The Labute approximate surface area is 191 Å². The van der Waals surface area contributed by atoms with E-state index in [0.717, 1.165) is 10.0 Å². The lowest BCUT2D eigenvalue weighted by Gasteiger charge is -2.22. The van der Waals surface area contributed by atoms with Crippen LogP contribution in [0.25, 0.3) is 0 Å². The third-order valence-electron chi connectivity index (χ3n) is 4.55. The number of anilines is 1. The van der Waals surface area contributed by atoms with Crippen molar-refractivity contribution in [3.05, 3.63) is 58.1 Å². The Kier molecular flexibility index (Phi) is 9.05. The maximum Gasteiger partial charge on any atom is 0.251 e. The van der Waals surface area contributed by atoms with E-state index in [9.17, 15) is 14.4 Å². The Morgan fingerprint density at radius 2 is 1.74 bits per heavy atom. The monoisotopic (exact) mass is 489 g/mol. The van der Waals surface area contributed by atoms with E-state index in [4.69, 9.17) is 4.74 Å². The number of benzene rings is 2. The van der Waals surface area contributed by atoms with Crippen LogP contribution in [0.15, 0.2) is 46.9 Å². The highest BCUT2D eigenvalue weighted by Gasteiger charge is 2.25. The van der Waals surface area contributed by atoms with Gasteiger partial charge in [-0.1, -0.05) is 29.8 Å². The van der Waals surface area contributed by atoms with Crippen LogP contribution in [0.4, 0.5) is 5.69 Å². The molecule has 0 bridgehead atoms. The zero-order valence-corrected chi connectivity index (χ0v) is 19.7. The van der Waals surface area contributed by atoms with Crippen LogP contribution in [0.2, 0.25) is 0 Å². The van der Waals surface area contributed by atoms with E-state index in [1.807, 2.05) is 39.8 Å². The van der Waals surface area contributed by atoms with Gasteiger partial charge in [0.15, 0.2) is 0 Å². The summed E-state index contributed by atoms with van der Waals surface area (Å²) in [4.78, 5) is 37.4. The molecule has 0 aliphatic heterocycles. The topological polar surface area (TPSA) is 96.5 Å². The van der Waals surface area contributed by atoms with Gasteiger partial charge >= 0.3 is 0 Å². The third kappa shape index (κ3) is 7.40. The van der Waals surface area contributed by atoms with Gasteiger partial charge in [0.1, 0.15) is 11.8 Å². The molecule has 3 N–H and O–H groups in total. The Bertz CT molecular complexity index is 929. The Balaban J connectivity index is 1.93. The molecule has 0 unspecified atom stereocenters. The van der Waals surface area contributed by atoms with Gasteiger partial charge < -0.3 is 20.7 Å². The van der Waals surface area contributed by atoms with Crippen molar-refractivity contribution in [2.45, 2.75) is 33.7 Å². The average molecular weight is 490 g/mol. The number of carbonyl (C=O) groups is 3.